The number of hydrogen-bond acceptors (Lipinski definition) is 5. The van der Waals surface area contributed by atoms with Crippen LogP contribution in [0, 0.1) is 0 Å². The Morgan fingerprint density at radius 3 is 2.87 bits per heavy atom. The lowest BCUT2D eigenvalue weighted by Gasteiger charge is -2.28. The van der Waals surface area contributed by atoms with Crippen LogP contribution in [0.1, 0.15) is 13.3 Å². The molecule has 7 heteroatoms. The van der Waals surface area contributed by atoms with Crippen molar-refractivity contribution < 1.29 is 9.59 Å². The fraction of sp³-hybridized carbons (Fsp3) is 0.625. The average Bonchev–Trinajstić information content (AvgIpc) is 2.18. The summed E-state index contributed by atoms with van der Waals surface area (Å²) in [5, 5.41) is 2.68. The van der Waals surface area contributed by atoms with E-state index in [1.54, 1.807) is 4.31 Å². The minimum absolute atomic E-state index is 0.0351. The Morgan fingerprint density at radius 2 is 2.40 bits per heavy atom. The summed E-state index contributed by atoms with van der Waals surface area (Å²) < 4.78 is 2.39. The second-order valence-corrected chi connectivity index (χ2v) is 6.24. The van der Waals surface area contributed by atoms with Crippen molar-refractivity contribution in [2.75, 3.05) is 18.8 Å². The molecule has 0 unspecified atom stereocenters. The van der Waals surface area contributed by atoms with Crippen LogP contribution in [0.25, 0.3) is 0 Å². The number of carbonyl (C=O) groups excluding carboxylic acids is 2. The first kappa shape index (κ1) is 12.8. The smallest absolute Gasteiger partial charge is 0.234 e. The molecule has 0 bridgehead atoms. The van der Waals surface area contributed by atoms with Gasteiger partial charge in [0.25, 0.3) is 0 Å². The summed E-state index contributed by atoms with van der Waals surface area (Å²) in [5.41, 5.74) is 0. The number of hydrogen-bond donors (Lipinski definition) is 1. The van der Waals surface area contributed by atoms with Gasteiger partial charge in [-0.3, -0.25) is 13.9 Å². The summed E-state index contributed by atoms with van der Waals surface area (Å²) in [5.74, 6) is 0.852. The molecule has 15 heavy (non-hydrogen) atoms. The molecule has 0 aromatic heterocycles. The quantitative estimate of drug-likeness (QED) is 0.355. The van der Waals surface area contributed by atoms with Crippen molar-refractivity contribution in [3.63, 3.8) is 0 Å². The van der Waals surface area contributed by atoms with Crippen molar-refractivity contribution in [1.29, 1.82) is 0 Å². The predicted molar refractivity (Wildman–Crippen MR) is 67.7 cm³/mol. The molecular weight excluding hydrogens is 252 g/mol. The number of thiocarbonyl (C=S) groups is 1. The topological polar surface area (TPSA) is 49.4 Å². The normalized spacial score (nSPS) is 14.7. The highest BCUT2D eigenvalue weighted by Crippen LogP contribution is 2.26. The minimum Gasteiger partial charge on any atom is -0.356 e. The lowest BCUT2D eigenvalue weighted by atomic mass is 10.3. The van der Waals surface area contributed by atoms with Crippen LogP contribution in [0.4, 0.5) is 0 Å². The molecule has 0 atom stereocenters. The van der Waals surface area contributed by atoms with Crippen LogP contribution in [0.5, 0.6) is 0 Å². The molecule has 0 spiro atoms. The third kappa shape index (κ3) is 4.85. The van der Waals surface area contributed by atoms with Gasteiger partial charge in [-0.2, -0.15) is 0 Å². The monoisotopic (exact) mass is 264 g/mol. The number of nitrogens with zero attached hydrogens (tertiary/aromatic N) is 1. The van der Waals surface area contributed by atoms with Crippen molar-refractivity contribution in [3.8, 4) is 0 Å². The fourth-order valence-electron chi connectivity index (χ4n) is 0.869. The molecule has 1 rings (SSSR count). The summed E-state index contributed by atoms with van der Waals surface area (Å²) >= 11 is 7.88. The van der Waals surface area contributed by atoms with E-state index in [9.17, 15) is 9.59 Å². The second-order valence-electron chi connectivity index (χ2n) is 2.92. The zero-order valence-corrected chi connectivity index (χ0v) is 10.8. The van der Waals surface area contributed by atoms with Crippen molar-refractivity contribution >= 4 is 51.3 Å². The van der Waals surface area contributed by atoms with E-state index < -0.39 is 0 Å². The Bertz CT molecular complexity index is 283. The number of thioether (sulfide) groups is 1. The van der Waals surface area contributed by atoms with Crippen LogP contribution in [0.3, 0.4) is 0 Å². The van der Waals surface area contributed by atoms with Gasteiger partial charge in [0.1, 0.15) is 3.53 Å². The highest BCUT2D eigenvalue weighted by atomic mass is 32.2. The summed E-state index contributed by atoms with van der Waals surface area (Å²) in [6, 6.07) is 0. The predicted octanol–water partition coefficient (Wildman–Crippen LogP) is 1.02. The number of amides is 2. The molecule has 1 aliphatic heterocycles. The lowest BCUT2D eigenvalue weighted by molar-refractivity contribution is -0.132. The molecule has 1 fully saturated rings. The molecule has 4 nitrogen and oxygen atoms in total. The largest absolute Gasteiger partial charge is 0.356 e. The lowest BCUT2D eigenvalue weighted by Crippen LogP contribution is -2.38. The molecule has 0 aromatic rings. The fourth-order valence-corrected chi connectivity index (χ4v) is 3.05. The highest BCUT2D eigenvalue weighted by molar-refractivity contribution is 8.46. The standard InChI is InChI=1S/C8H12N2O2S3/c1-6(11)9-3-5-14-8(13)15-10-4-2-7(10)12/h2-5H2,1H3,(H,9,11). The van der Waals surface area contributed by atoms with Gasteiger partial charge >= 0.3 is 0 Å². The Labute approximate surface area is 103 Å². The Hall–Kier alpha value is -0.270. The van der Waals surface area contributed by atoms with E-state index in [0.29, 0.717) is 13.0 Å². The number of β-lactam (4-membered cyclic amide) rings is 1. The van der Waals surface area contributed by atoms with Gasteiger partial charge in [-0.25, -0.2) is 0 Å². The summed E-state index contributed by atoms with van der Waals surface area (Å²) in [4.78, 5) is 21.5. The molecule has 1 aliphatic rings. The van der Waals surface area contributed by atoms with Crippen molar-refractivity contribution in [2.45, 2.75) is 13.3 Å². The molecule has 0 saturated carbocycles. The maximum Gasteiger partial charge on any atom is 0.234 e. The van der Waals surface area contributed by atoms with E-state index in [1.807, 2.05) is 0 Å². The molecule has 0 aromatic carbocycles. The number of nitrogens with one attached hydrogen (secondary N) is 1. The Kier molecular flexibility index (Phi) is 5.41. The molecule has 84 valence electrons. The molecule has 1 saturated heterocycles. The first-order chi connectivity index (χ1) is 7.09. The third-order valence-electron chi connectivity index (χ3n) is 1.69. The van der Waals surface area contributed by atoms with Crippen LogP contribution in [-0.2, 0) is 9.59 Å². The molecule has 2 amide bonds. The van der Waals surface area contributed by atoms with E-state index >= 15 is 0 Å². The SMILES string of the molecule is CC(=O)NCCSC(=S)SN1CCC1=O. The van der Waals surface area contributed by atoms with Crippen molar-refractivity contribution in [1.82, 2.24) is 9.62 Å². The van der Waals surface area contributed by atoms with Crippen LogP contribution < -0.4 is 5.32 Å². The summed E-state index contributed by atoms with van der Waals surface area (Å²) in [6.07, 6.45) is 0.631. The molecule has 1 N–H and O–H groups in total. The minimum atomic E-state index is -0.0351. The highest BCUT2D eigenvalue weighted by Gasteiger charge is 2.25. The van der Waals surface area contributed by atoms with Gasteiger partial charge in [-0.1, -0.05) is 12.2 Å². The second kappa shape index (κ2) is 6.34. The summed E-state index contributed by atoms with van der Waals surface area (Å²) in [7, 11) is 0. The van der Waals surface area contributed by atoms with E-state index in [-0.39, 0.29) is 11.8 Å². The van der Waals surface area contributed by atoms with Gasteiger partial charge in [0.05, 0.1) is 0 Å². The van der Waals surface area contributed by atoms with Gasteiger partial charge in [0.2, 0.25) is 11.8 Å². The zero-order valence-electron chi connectivity index (χ0n) is 8.32. The first-order valence-corrected chi connectivity index (χ1v) is 6.66. The molecular formula is C8H12N2O2S3. The van der Waals surface area contributed by atoms with Crippen LogP contribution >= 0.6 is 35.9 Å². The number of carbonyl (C=O) groups is 2. The first-order valence-electron chi connectivity index (χ1n) is 4.49. The van der Waals surface area contributed by atoms with E-state index in [4.69, 9.17) is 12.2 Å². The maximum atomic E-state index is 11.0. The molecule has 0 aliphatic carbocycles. The van der Waals surface area contributed by atoms with E-state index in [0.717, 1.165) is 15.8 Å². The van der Waals surface area contributed by atoms with E-state index in [2.05, 4.69) is 5.32 Å². The van der Waals surface area contributed by atoms with Gasteiger partial charge in [-0.05, 0) is 0 Å². The van der Waals surface area contributed by atoms with Crippen LogP contribution in [0.2, 0.25) is 0 Å². The van der Waals surface area contributed by atoms with Gasteiger partial charge in [0, 0.05) is 44.1 Å². The molecule has 0 radical (unpaired) electrons. The van der Waals surface area contributed by atoms with E-state index in [1.165, 1.54) is 30.6 Å². The third-order valence-corrected chi connectivity index (χ3v) is 4.24. The Morgan fingerprint density at radius 1 is 1.67 bits per heavy atom. The summed E-state index contributed by atoms with van der Waals surface area (Å²) in [6.45, 7) is 2.88. The van der Waals surface area contributed by atoms with Gasteiger partial charge < -0.3 is 5.32 Å². The van der Waals surface area contributed by atoms with Crippen molar-refractivity contribution in [3.05, 3.63) is 0 Å². The molecule has 1 heterocycles. The van der Waals surface area contributed by atoms with Gasteiger partial charge in [-0.15, -0.1) is 11.8 Å². The van der Waals surface area contributed by atoms with Crippen molar-refractivity contribution in [2.24, 2.45) is 0 Å². The average molecular weight is 264 g/mol. The maximum absolute atomic E-state index is 11.0. The van der Waals surface area contributed by atoms with Crippen LogP contribution in [0.15, 0.2) is 0 Å². The van der Waals surface area contributed by atoms with Crippen LogP contribution in [-0.4, -0.2) is 38.5 Å². The van der Waals surface area contributed by atoms with Gasteiger partial charge in [0.15, 0.2) is 0 Å². The zero-order chi connectivity index (χ0) is 11.3. The number of rotatable bonds is 4. The Balaban J connectivity index is 2.03.